The number of urea groups is 1. The number of halogens is 2. The summed E-state index contributed by atoms with van der Waals surface area (Å²) in [6.45, 7) is 1.57. The number of anilines is 5. The van der Waals surface area contributed by atoms with Gasteiger partial charge in [-0.15, -0.1) is 0 Å². The third-order valence-electron chi connectivity index (χ3n) is 4.78. The molecule has 3 amide bonds. The Morgan fingerprint density at radius 2 is 1.61 bits per heavy atom. The second-order valence-corrected chi connectivity index (χ2v) is 7.79. The van der Waals surface area contributed by atoms with E-state index in [1.165, 1.54) is 38.6 Å². The number of amides is 3. The number of rotatable bonds is 7. The van der Waals surface area contributed by atoms with Gasteiger partial charge in [0.05, 0.1) is 31.3 Å². The number of nitrogens with one attached hydrogen (secondary N) is 3. The van der Waals surface area contributed by atoms with Crippen molar-refractivity contribution >= 4 is 63.8 Å². The highest BCUT2D eigenvalue weighted by molar-refractivity contribution is 6.41. The van der Waals surface area contributed by atoms with Crippen molar-refractivity contribution in [2.45, 2.75) is 6.92 Å². The first-order valence-corrected chi connectivity index (χ1v) is 11.1. The Morgan fingerprint density at radius 1 is 0.972 bits per heavy atom. The highest BCUT2D eigenvalue weighted by atomic mass is 35.5. The van der Waals surface area contributed by atoms with Crippen LogP contribution in [0.5, 0.6) is 11.5 Å². The van der Waals surface area contributed by atoms with Gasteiger partial charge in [-0.3, -0.25) is 9.69 Å². The van der Waals surface area contributed by atoms with Crippen LogP contribution in [0.1, 0.15) is 6.92 Å². The maximum atomic E-state index is 13.0. The summed E-state index contributed by atoms with van der Waals surface area (Å²) in [5.41, 5.74) is 1.20. The number of aromatic nitrogens is 2. The molecule has 3 rings (SSSR count). The van der Waals surface area contributed by atoms with Gasteiger partial charge in [-0.1, -0.05) is 41.3 Å². The van der Waals surface area contributed by atoms with Crippen LogP contribution < -0.4 is 30.3 Å². The van der Waals surface area contributed by atoms with Crippen molar-refractivity contribution in [3.8, 4) is 23.3 Å². The number of carbonyl (C=O) groups is 2. The molecule has 0 radical (unpaired) electrons. The van der Waals surface area contributed by atoms with E-state index in [0.29, 0.717) is 17.2 Å². The molecule has 0 aliphatic heterocycles. The Kier molecular flexibility index (Phi) is 8.78. The second-order valence-electron chi connectivity index (χ2n) is 7.03. The van der Waals surface area contributed by atoms with Crippen LogP contribution in [0.4, 0.5) is 33.5 Å². The number of hydrogen-bond donors (Lipinski definition) is 3. The molecule has 0 bridgehead atoms. The molecule has 0 aliphatic rings. The van der Waals surface area contributed by atoms with Gasteiger partial charge < -0.3 is 25.4 Å². The maximum absolute atomic E-state index is 13.0. The van der Waals surface area contributed by atoms with E-state index in [9.17, 15) is 9.59 Å². The fraction of sp³-hybridized carbons (Fsp3) is 0.167. The quantitative estimate of drug-likeness (QED) is 0.361. The third kappa shape index (κ3) is 6.07. The Labute approximate surface area is 217 Å². The fourth-order valence-electron chi connectivity index (χ4n) is 3.00. The second kappa shape index (κ2) is 12.0. The van der Waals surface area contributed by atoms with Gasteiger partial charge in [0.15, 0.2) is 0 Å². The predicted molar refractivity (Wildman–Crippen MR) is 141 cm³/mol. The summed E-state index contributed by atoms with van der Waals surface area (Å²) in [5.74, 6) is 5.73. The lowest BCUT2D eigenvalue weighted by Gasteiger charge is -2.20. The number of para-hydroxylation sites is 2. The van der Waals surface area contributed by atoms with Crippen LogP contribution in [-0.2, 0) is 4.79 Å². The van der Waals surface area contributed by atoms with Crippen molar-refractivity contribution in [3.05, 3.63) is 52.8 Å². The van der Waals surface area contributed by atoms with Gasteiger partial charge in [0, 0.05) is 19.2 Å². The number of nitrogens with zero attached hydrogens (tertiary/aromatic N) is 3. The molecule has 0 spiro atoms. The number of benzene rings is 2. The fourth-order valence-corrected chi connectivity index (χ4v) is 3.59. The maximum Gasteiger partial charge on any atom is 0.327 e. The minimum absolute atomic E-state index is 0.113. The Balaban J connectivity index is 1.82. The van der Waals surface area contributed by atoms with E-state index in [1.54, 1.807) is 37.3 Å². The summed E-state index contributed by atoms with van der Waals surface area (Å²) in [7, 11) is 4.38. The van der Waals surface area contributed by atoms with Gasteiger partial charge in [0.2, 0.25) is 0 Å². The first-order chi connectivity index (χ1) is 17.3. The van der Waals surface area contributed by atoms with E-state index in [1.807, 2.05) is 0 Å². The van der Waals surface area contributed by atoms with Crippen LogP contribution >= 0.6 is 23.2 Å². The molecule has 2 aromatic carbocycles. The van der Waals surface area contributed by atoms with Crippen LogP contribution in [0.3, 0.4) is 0 Å². The van der Waals surface area contributed by atoms with Crippen molar-refractivity contribution < 1.29 is 19.1 Å². The van der Waals surface area contributed by atoms with Crippen molar-refractivity contribution in [1.82, 2.24) is 9.97 Å². The summed E-state index contributed by atoms with van der Waals surface area (Å²) in [5, 5.41) is 8.69. The van der Waals surface area contributed by atoms with Crippen molar-refractivity contribution in [2.24, 2.45) is 0 Å². The van der Waals surface area contributed by atoms with Gasteiger partial charge in [-0.2, -0.15) is 0 Å². The monoisotopic (exact) mass is 528 g/mol. The minimum atomic E-state index is -0.579. The van der Waals surface area contributed by atoms with Crippen LogP contribution in [0.15, 0.2) is 42.7 Å². The van der Waals surface area contributed by atoms with Crippen LogP contribution in [0.25, 0.3) is 0 Å². The van der Waals surface area contributed by atoms with Gasteiger partial charge in [0.25, 0.3) is 5.91 Å². The predicted octanol–water partition coefficient (Wildman–Crippen LogP) is 5.17. The Hall–Kier alpha value is -4.20. The van der Waals surface area contributed by atoms with Crippen LogP contribution in [-0.4, -0.2) is 43.2 Å². The number of ether oxygens (including phenoxy) is 2. The standard InChI is InChI=1S/C24H22Cl2N6O4/c1-5-8-20(33)30-15-10-7-6-9-14(15)29-18-12-19(28-13-27-18)32(2)24(34)31-23-21(25)16(35-3)11-17(36-4)22(23)26/h6-7,9-13H,1-4H3,(H,30,33)(H,31,34)(H,27,28,29). The summed E-state index contributed by atoms with van der Waals surface area (Å²) >= 11 is 12.7. The summed E-state index contributed by atoms with van der Waals surface area (Å²) < 4.78 is 10.5. The molecular weight excluding hydrogens is 507 g/mol. The zero-order chi connectivity index (χ0) is 26.2. The van der Waals surface area contributed by atoms with Gasteiger partial charge >= 0.3 is 6.03 Å². The largest absolute Gasteiger partial charge is 0.495 e. The summed E-state index contributed by atoms with van der Waals surface area (Å²) in [4.78, 5) is 34.5. The van der Waals surface area contributed by atoms with Gasteiger partial charge in [-0.25, -0.2) is 14.8 Å². The molecule has 12 heteroatoms. The summed E-state index contributed by atoms with van der Waals surface area (Å²) in [6.07, 6.45) is 1.29. The number of carbonyl (C=O) groups excluding carboxylic acids is 2. The van der Waals surface area contributed by atoms with E-state index in [-0.39, 0.29) is 33.0 Å². The topological polar surface area (TPSA) is 118 Å². The molecule has 0 unspecified atom stereocenters. The van der Waals surface area contributed by atoms with Crippen molar-refractivity contribution in [1.29, 1.82) is 0 Å². The first kappa shape index (κ1) is 26.4. The molecule has 186 valence electrons. The molecular formula is C24H22Cl2N6O4. The van der Waals surface area contributed by atoms with Crippen LogP contribution in [0, 0.1) is 11.8 Å². The molecule has 0 fully saturated rings. The first-order valence-electron chi connectivity index (χ1n) is 10.4. The van der Waals surface area contributed by atoms with E-state index >= 15 is 0 Å². The SMILES string of the molecule is CC#CC(=O)Nc1ccccc1Nc1cc(N(C)C(=O)Nc2c(Cl)c(OC)cc(OC)c2Cl)ncn1. The zero-order valence-corrected chi connectivity index (χ0v) is 21.3. The molecule has 3 aromatic rings. The van der Waals surface area contributed by atoms with E-state index in [2.05, 4.69) is 37.8 Å². The lowest BCUT2D eigenvalue weighted by molar-refractivity contribution is -0.111. The molecule has 0 saturated heterocycles. The molecule has 36 heavy (non-hydrogen) atoms. The normalized spacial score (nSPS) is 9.94. The highest BCUT2D eigenvalue weighted by Crippen LogP contribution is 2.44. The van der Waals surface area contributed by atoms with Crippen LogP contribution in [0.2, 0.25) is 10.0 Å². The molecule has 0 atom stereocenters. The average molecular weight is 529 g/mol. The number of methoxy groups -OCH3 is 2. The lowest BCUT2D eigenvalue weighted by atomic mass is 10.2. The zero-order valence-electron chi connectivity index (χ0n) is 19.8. The minimum Gasteiger partial charge on any atom is -0.495 e. The Morgan fingerprint density at radius 3 is 2.22 bits per heavy atom. The van der Waals surface area contributed by atoms with E-state index < -0.39 is 11.9 Å². The third-order valence-corrected chi connectivity index (χ3v) is 5.53. The molecule has 0 aliphatic carbocycles. The molecule has 1 heterocycles. The molecule has 3 N–H and O–H groups in total. The van der Waals surface area contributed by atoms with Gasteiger partial charge in [0.1, 0.15) is 39.5 Å². The Bertz CT molecular complexity index is 1330. The smallest absolute Gasteiger partial charge is 0.327 e. The average Bonchev–Trinajstić information content (AvgIpc) is 2.87. The van der Waals surface area contributed by atoms with Gasteiger partial charge in [-0.05, 0) is 25.0 Å². The van der Waals surface area contributed by atoms with E-state index in [0.717, 1.165) is 0 Å². The van der Waals surface area contributed by atoms with Crippen molar-refractivity contribution in [3.63, 3.8) is 0 Å². The molecule has 10 nitrogen and oxygen atoms in total. The number of hydrogen-bond acceptors (Lipinski definition) is 7. The highest BCUT2D eigenvalue weighted by Gasteiger charge is 2.22. The summed E-state index contributed by atoms with van der Waals surface area (Å²) in [6, 6.07) is 9.53. The van der Waals surface area contributed by atoms with Crippen molar-refractivity contribution in [2.75, 3.05) is 42.1 Å². The van der Waals surface area contributed by atoms with E-state index in [4.69, 9.17) is 32.7 Å². The molecule has 0 saturated carbocycles. The molecule has 1 aromatic heterocycles. The lowest BCUT2D eigenvalue weighted by Crippen LogP contribution is -2.32.